The second kappa shape index (κ2) is 8.71. The van der Waals surface area contributed by atoms with Gasteiger partial charge in [0.15, 0.2) is 0 Å². The van der Waals surface area contributed by atoms with Gasteiger partial charge in [0.1, 0.15) is 11.6 Å². The van der Waals surface area contributed by atoms with E-state index in [0.29, 0.717) is 42.4 Å². The van der Waals surface area contributed by atoms with Crippen LogP contribution in [0.1, 0.15) is 23.5 Å². The minimum absolute atomic E-state index is 0.0627. The fourth-order valence-corrected chi connectivity index (χ4v) is 3.43. The number of anilines is 1. The molecule has 0 aliphatic carbocycles. The van der Waals surface area contributed by atoms with E-state index in [9.17, 15) is 18.0 Å². The summed E-state index contributed by atoms with van der Waals surface area (Å²) in [5, 5.41) is 0. The summed E-state index contributed by atoms with van der Waals surface area (Å²) in [5.74, 6) is 0.231. The molecule has 1 aliphatic rings. The second-order valence-electron chi connectivity index (χ2n) is 7.52. The van der Waals surface area contributed by atoms with Gasteiger partial charge in [-0.3, -0.25) is 9.78 Å². The molecule has 0 radical (unpaired) electrons. The van der Waals surface area contributed by atoms with Gasteiger partial charge in [0.2, 0.25) is 5.91 Å². The molecule has 0 unspecified atom stereocenters. The van der Waals surface area contributed by atoms with Gasteiger partial charge >= 0.3 is 0 Å². The normalized spacial score (nSPS) is 14.0. The lowest BCUT2D eigenvalue weighted by Crippen LogP contribution is -2.51. The summed E-state index contributed by atoms with van der Waals surface area (Å²) in [6.45, 7) is 1.08. The summed E-state index contributed by atoms with van der Waals surface area (Å²) >= 11 is 0. The Morgan fingerprint density at radius 3 is 2.42 bits per heavy atom. The van der Waals surface area contributed by atoms with Crippen LogP contribution in [0.5, 0.6) is 0 Å². The topological polar surface area (TPSA) is 85.0 Å². The monoisotopic (exact) mass is 427 g/mol. The summed E-state index contributed by atoms with van der Waals surface area (Å²) in [7, 11) is 0. The molecule has 1 fully saturated rings. The van der Waals surface area contributed by atoms with Crippen molar-refractivity contribution in [3.63, 3.8) is 0 Å². The number of rotatable bonds is 6. The third kappa shape index (κ3) is 4.82. The molecule has 0 atom stereocenters. The molecule has 2 aromatic heterocycles. The molecule has 31 heavy (non-hydrogen) atoms. The van der Waals surface area contributed by atoms with Crippen molar-refractivity contribution < 1.29 is 18.0 Å². The molecule has 160 valence electrons. The van der Waals surface area contributed by atoms with E-state index in [-0.39, 0.29) is 29.6 Å². The molecule has 2 N–H and O–H groups in total. The molecule has 0 saturated carbocycles. The van der Waals surface area contributed by atoms with Crippen LogP contribution in [0.15, 0.2) is 48.8 Å². The van der Waals surface area contributed by atoms with Crippen LogP contribution in [0.3, 0.4) is 0 Å². The maximum Gasteiger partial charge on any atom is 0.266 e. The highest BCUT2D eigenvalue weighted by atomic mass is 19.3. The van der Waals surface area contributed by atoms with Crippen molar-refractivity contribution in [2.24, 2.45) is 5.92 Å². The van der Waals surface area contributed by atoms with Crippen molar-refractivity contribution in [1.82, 2.24) is 19.9 Å². The summed E-state index contributed by atoms with van der Waals surface area (Å²) < 4.78 is 38.3. The van der Waals surface area contributed by atoms with E-state index < -0.39 is 6.43 Å². The number of pyridine rings is 1. The Morgan fingerprint density at radius 1 is 1.10 bits per heavy atom. The number of nitrogens with zero attached hydrogens (tertiary/aromatic N) is 4. The third-order valence-corrected chi connectivity index (χ3v) is 5.23. The van der Waals surface area contributed by atoms with Gasteiger partial charge in [0.05, 0.1) is 29.1 Å². The van der Waals surface area contributed by atoms with Crippen LogP contribution >= 0.6 is 0 Å². The fraction of sp³-hybridized carbons (Fsp3) is 0.273. The molecule has 1 saturated heterocycles. The van der Waals surface area contributed by atoms with Crippen molar-refractivity contribution in [1.29, 1.82) is 0 Å². The number of alkyl halides is 2. The summed E-state index contributed by atoms with van der Waals surface area (Å²) in [6.07, 6.45) is 0.267. The van der Waals surface area contributed by atoms with Crippen molar-refractivity contribution in [2.75, 3.05) is 18.8 Å². The number of nitrogen functional groups attached to an aromatic ring is 1. The predicted octanol–water partition coefficient (Wildman–Crippen LogP) is 3.44. The molecule has 1 aliphatic heterocycles. The molecule has 9 heteroatoms. The van der Waals surface area contributed by atoms with Crippen molar-refractivity contribution >= 4 is 11.6 Å². The van der Waals surface area contributed by atoms with E-state index in [1.54, 1.807) is 29.2 Å². The zero-order valence-corrected chi connectivity index (χ0v) is 16.5. The van der Waals surface area contributed by atoms with Crippen LogP contribution in [0.4, 0.5) is 18.9 Å². The molecule has 6 nitrogen and oxygen atoms in total. The van der Waals surface area contributed by atoms with Crippen LogP contribution < -0.4 is 5.73 Å². The first-order valence-corrected chi connectivity index (χ1v) is 9.77. The molecular formula is C22H20F3N5O. The van der Waals surface area contributed by atoms with Crippen LogP contribution in [-0.4, -0.2) is 38.8 Å². The molecule has 0 bridgehead atoms. The molecule has 1 amide bonds. The van der Waals surface area contributed by atoms with Gasteiger partial charge in [0.25, 0.3) is 6.43 Å². The average Bonchev–Trinajstić information content (AvgIpc) is 2.73. The molecule has 1 aromatic carbocycles. The van der Waals surface area contributed by atoms with Crippen LogP contribution in [-0.2, 0) is 17.6 Å². The Labute approximate surface area is 177 Å². The number of nitrogens with two attached hydrogens (primary N) is 1. The Balaban J connectivity index is 1.34. The summed E-state index contributed by atoms with van der Waals surface area (Å²) in [6, 6.07) is 9.36. The number of amides is 1. The van der Waals surface area contributed by atoms with Crippen LogP contribution in [0.2, 0.25) is 0 Å². The van der Waals surface area contributed by atoms with E-state index >= 15 is 0 Å². The number of benzene rings is 1. The van der Waals surface area contributed by atoms with Crippen molar-refractivity contribution in [3.05, 3.63) is 71.7 Å². The van der Waals surface area contributed by atoms with Crippen molar-refractivity contribution in [3.8, 4) is 11.3 Å². The maximum atomic E-state index is 13.1. The number of hydrogen-bond acceptors (Lipinski definition) is 5. The first kappa shape index (κ1) is 20.8. The first-order valence-electron chi connectivity index (χ1n) is 9.77. The third-order valence-electron chi connectivity index (χ3n) is 5.23. The number of likely N-dealkylation sites (tertiary alicyclic amines) is 1. The van der Waals surface area contributed by atoms with Gasteiger partial charge in [0, 0.05) is 43.4 Å². The lowest BCUT2D eigenvalue weighted by molar-refractivity contribution is -0.136. The van der Waals surface area contributed by atoms with Gasteiger partial charge in [-0.2, -0.15) is 0 Å². The lowest BCUT2D eigenvalue weighted by atomic mass is 9.95. The highest BCUT2D eigenvalue weighted by Crippen LogP contribution is 2.24. The average molecular weight is 427 g/mol. The highest BCUT2D eigenvalue weighted by Gasteiger charge is 2.31. The number of halogens is 3. The highest BCUT2D eigenvalue weighted by molar-refractivity contribution is 5.81. The number of carbonyl (C=O) groups is 1. The maximum absolute atomic E-state index is 13.1. The number of carbonyl (C=O) groups excluding carboxylic acids is 1. The minimum Gasteiger partial charge on any atom is -0.397 e. The summed E-state index contributed by atoms with van der Waals surface area (Å²) in [4.78, 5) is 26.7. The molecule has 3 heterocycles. The van der Waals surface area contributed by atoms with Crippen LogP contribution in [0.25, 0.3) is 11.3 Å². The molecular weight excluding hydrogens is 407 g/mol. The Hall–Kier alpha value is -3.49. The molecule has 0 spiro atoms. The van der Waals surface area contributed by atoms with Crippen LogP contribution in [0, 0.1) is 11.7 Å². The van der Waals surface area contributed by atoms with E-state index in [2.05, 4.69) is 15.0 Å². The predicted molar refractivity (Wildman–Crippen MR) is 109 cm³/mol. The fourth-order valence-electron chi connectivity index (χ4n) is 3.43. The quantitative estimate of drug-likeness (QED) is 0.652. The first-order chi connectivity index (χ1) is 14.9. The SMILES string of the molecule is Nc1ccc(-c2ccc(F)cc2)nc1CC(=O)N1CC(Cc2ncc(C(F)F)cn2)C1. The van der Waals surface area contributed by atoms with E-state index in [4.69, 9.17) is 5.73 Å². The van der Waals surface area contributed by atoms with Crippen molar-refractivity contribution in [2.45, 2.75) is 19.3 Å². The minimum atomic E-state index is -2.59. The Morgan fingerprint density at radius 2 is 1.77 bits per heavy atom. The van der Waals surface area contributed by atoms with Gasteiger partial charge in [-0.15, -0.1) is 0 Å². The van der Waals surface area contributed by atoms with Gasteiger partial charge < -0.3 is 10.6 Å². The standard InChI is InChI=1S/C22H20F3N5O/c23-16-3-1-14(2-4-16)18-6-5-17(26)19(29-18)8-21(31)30-11-13(12-30)7-20-27-9-15(10-28-20)22(24)25/h1-6,9-10,13,22H,7-8,11-12,26H2. The van der Waals surface area contributed by atoms with Gasteiger partial charge in [-0.05, 0) is 36.4 Å². The van der Waals surface area contributed by atoms with E-state index in [1.165, 1.54) is 12.1 Å². The molecule has 3 aromatic rings. The molecule has 4 rings (SSSR count). The number of hydrogen-bond donors (Lipinski definition) is 1. The Kier molecular flexibility index (Phi) is 5.83. The smallest absolute Gasteiger partial charge is 0.266 e. The van der Waals surface area contributed by atoms with Gasteiger partial charge in [-0.25, -0.2) is 23.1 Å². The second-order valence-corrected chi connectivity index (χ2v) is 7.52. The van der Waals surface area contributed by atoms with Gasteiger partial charge in [-0.1, -0.05) is 0 Å². The largest absolute Gasteiger partial charge is 0.397 e. The number of aromatic nitrogens is 3. The Bertz CT molecular complexity index is 1070. The zero-order valence-electron chi connectivity index (χ0n) is 16.5. The lowest BCUT2D eigenvalue weighted by Gasteiger charge is -2.39. The van der Waals surface area contributed by atoms with E-state index in [1.807, 2.05) is 0 Å². The summed E-state index contributed by atoms with van der Waals surface area (Å²) in [5.41, 5.74) is 8.03. The van der Waals surface area contributed by atoms with E-state index in [0.717, 1.165) is 18.0 Å². The zero-order chi connectivity index (χ0) is 22.0.